The molecule has 1 aliphatic rings. The van der Waals surface area contributed by atoms with Crippen LogP contribution in [0.4, 0.5) is 0 Å². The summed E-state index contributed by atoms with van der Waals surface area (Å²) < 4.78 is 0. The van der Waals surface area contributed by atoms with Crippen LogP contribution in [0.2, 0.25) is 0 Å². The van der Waals surface area contributed by atoms with Crippen LogP contribution < -0.4 is 5.32 Å². The second-order valence-corrected chi connectivity index (χ2v) is 6.59. The molecule has 1 aliphatic heterocycles. The van der Waals surface area contributed by atoms with E-state index >= 15 is 0 Å². The van der Waals surface area contributed by atoms with Crippen molar-refractivity contribution in [3.05, 3.63) is 71.8 Å². The van der Waals surface area contributed by atoms with Crippen LogP contribution in [-0.2, 0) is 0 Å². The molecule has 0 saturated carbocycles. The van der Waals surface area contributed by atoms with Crippen molar-refractivity contribution in [3.63, 3.8) is 0 Å². The Morgan fingerprint density at radius 1 is 0.840 bits per heavy atom. The highest BCUT2D eigenvalue weighted by Crippen LogP contribution is 2.36. The Morgan fingerprint density at radius 3 is 2.04 bits per heavy atom. The van der Waals surface area contributed by atoms with Crippen molar-refractivity contribution < 1.29 is 0 Å². The monoisotopic (exact) mass is 335 g/mol. The molecule has 0 bridgehead atoms. The van der Waals surface area contributed by atoms with Gasteiger partial charge in [-0.1, -0.05) is 67.6 Å². The Balaban J connectivity index is 1.87. The number of hydrogen-bond donors (Lipinski definition) is 1. The molecule has 0 aliphatic carbocycles. The molecule has 25 heavy (non-hydrogen) atoms. The van der Waals surface area contributed by atoms with Gasteiger partial charge in [-0.15, -0.1) is 0 Å². The SMILES string of the molecule is CCNCCCCN1CN(C)C(c2ccccc2)=C1c1ccccc1. The summed E-state index contributed by atoms with van der Waals surface area (Å²) in [7, 11) is 2.20. The third-order valence-corrected chi connectivity index (χ3v) is 4.68. The number of nitrogens with zero attached hydrogens (tertiary/aromatic N) is 2. The van der Waals surface area contributed by atoms with E-state index in [0.717, 1.165) is 26.3 Å². The molecule has 132 valence electrons. The summed E-state index contributed by atoms with van der Waals surface area (Å²) in [4.78, 5) is 4.91. The van der Waals surface area contributed by atoms with E-state index in [4.69, 9.17) is 0 Å². The highest BCUT2D eigenvalue weighted by atomic mass is 15.4. The van der Waals surface area contributed by atoms with Crippen molar-refractivity contribution >= 4 is 11.4 Å². The van der Waals surface area contributed by atoms with Gasteiger partial charge in [-0.05, 0) is 37.1 Å². The van der Waals surface area contributed by atoms with E-state index in [0.29, 0.717) is 0 Å². The lowest BCUT2D eigenvalue weighted by Crippen LogP contribution is -2.26. The summed E-state index contributed by atoms with van der Waals surface area (Å²) in [5.41, 5.74) is 5.28. The number of benzene rings is 2. The second-order valence-electron chi connectivity index (χ2n) is 6.59. The number of hydrogen-bond acceptors (Lipinski definition) is 3. The lowest BCUT2D eigenvalue weighted by atomic mass is 10.0. The van der Waals surface area contributed by atoms with Crippen molar-refractivity contribution in [3.8, 4) is 0 Å². The van der Waals surface area contributed by atoms with E-state index in [1.165, 1.54) is 35.4 Å². The molecule has 2 aromatic rings. The molecule has 0 amide bonds. The third-order valence-electron chi connectivity index (χ3n) is 4.68. The maximum atomic E-state index is 3.42. The molecule has 0 fully saturated rings. The molecule has 0 aromatic heterocycles. The van der Waals surface area contributed by atoms with Crippen LogP contribution in [0.15, 0.2) is 60.7 Å². The zero-order valence-electron chi connectivity index (χ0n) is 15.4. The fourth-order valence-electron chi connectivity index (χ4n) is 3.51. The summed E-state index contributed by atoms with van der Waals surface area (Å²) in [6.45, 7) is 6.37. The predicted octanol–water partition coefficient (Wildman–Crippen LogP) is 4.11. The minimum atomic E-state index is 0.954. The lowest BCUT2D eigenvalue weighted by Gasteiger charge is -2.22. The van der Waals surface area contributed by atoms with Gasteiger partial charge < -0.3 is 15.1 Å². The number of rotatable bonds is 8. The van der Waals surface area contributed by atoms with E-state index in [2.05, 4.69) is 89.8 Å². The average molecular weight is 335 g/mol. The molecule has 0 atom stereocenters. The van der Waals surface area contributed by atoms with Gasteiger partial charge in [0.2, 0.25) is 0 Å². The molecule has 3 nitrogen and oxygen atoms in total. The van der Waals surface area contributed by atoms with Crippen LogP contribution in [0.5, 0.6) is 0 Å². The standard InChI is InChI=1S/C22H29N3/c1-3-23-16-10-11-17-25-18-24(2)21(19-12-6-4-7-13-19)22(25)20-14-8-5-9-15-20/h4-9,12-15,23H,3,10-11,16-18H2,1-2H3. The van der Waals surface area contributed by atoms with E-state index in [1.54, 1.807) is 0 Å². The van der Waals surface area contributed by atoms with Gasteiger partial charge in [0.05, 0.1) is 18.1 Å². The van der Waals surface area contributed by atoms with Gasteiger partial charge in [0.1, 0.15) is 0 Å². The molecule has 3 rings (SSSR count). The summed E-state index contributed by atoms with van der Waals surface area (Å²) in [6.07, 6.45) is 2.43. The molecule has 1 heterocycles. The fraction of sp³-hybridized carbons (Fsp3) is 0.364. The van der Waals surface area contributed by atoms with Crippen molar-refractivity contribution in [2.24, 2.45) is 0 Å². The van der Waals surface area contributed by atoms with Crippen LogP contribution in [0.25, 0.3) is 11.4 Å². The maximum Gasteiger partial charge on any atom is 0.0901 e. The van der Waals surface area contributed by atoms with E-state index in [-0.39, 0.29) is 0 Å². The Kier molecular flexibility index (Phi) is 6.13. The van der Waals surface area contributed by atoms with Crippen LogP contribution >= 0.6 is 0 Å². The zero-order chi connectivity index (χ0) is 17.5. The van der Waals surface area contributed by atoms with Crippen molar-refractivity contribution in [2.45, 2.75) is 19.8 Å². The van der Waals surface area contributed by atoms with Gasteiger partial charge in [-0.25, -0.2) is 0 Å². The molecule has 3 heteroatoms. The van der Waals surface area contributed by atoms with Crippen LogP contribution in [0.3, 0.4) is 0 Å². The first kappa shape index (κ1) is 17.6. The summed E-state index contributed by atoms with van der Waals surface area (Å²) in [5.74, 6) is 0. The van der Waals surface area contributed by atoms with Crippen LogP contribution in [-0.4, -0.2) is 43.2 Å². The number of unbranched alkanes of at least 4 members (excludes halogenated alkanes) is 1. The quantitative estimate of drug-likeness (QED) is 0.733. The van der Waals surface area contributed by atoms with Crippen molar-refractivity contribution in [1.29, 1.82) is 0 Å². The maximum absolute atomic E-state index is 3.42. The summed E-state index contributed by atoms with van der Waals surface area (Å²) >= 11 is 0. The van der Waals surface area contributed by atoms with Crippen LogP contribution in [0.1, 0.15) is 30.9 Å². The molecule has 1 N–H and O–H groups in total. The highest BCUT2D eigenvalue weighted by Gasteiger charge is 2.28. The Hall–Kier alpha value is -2.26. The Morgan fingerprint density at radius 2 is 1.44 bits per heavy atom. The normalized spacial score (nSPS) is 14.5. The zero-order valence-corrected chi connectivity index (χ0v) is 15.4. The summed E-state index contributed by atoms with van der Waals surface area (Å²) in [5, 5.41) is 3.42. The Labute approximate surface area is 152 Å². The topological polar surface area (TPSA) is 18.5 Å². The molecule has 0 spiro atoms. The first-order valence-corrected chi connectivity index (χ1v) is 9.33. The van der Waals surface area contributed by atoms with Crippen molar-refractivity contribution in [2.75, 3.05) is 33.4 Å². The van der Waals surface area contributed by atoms with Gasteiger partial charge in [0.15, 0.2) is 0 Å². The van der Waals surface area contributed by atoms with Gasteiger partial charge in [0.25, 0.3) is 0 Å². The van der Waals surface area contributed by atoms with Crippen molar-refractivity contribution in [1.82, 2.24) is 15.1 Å². The summed E-state index contributed by atoms with van der Waals surface area (Å²) in [6, 6.07) is 21.6. The molecule has 0 unspecified atom stereocenters. The van der Waals surface area contributed by atoms with E-state index < -0.39 is 0 Å². The minimum absolute atomic E-state index is 0.954. The van der Waals surface area contributed by atoms with E-state index in [9.17, 15) is 0 Å². The predicted molar refractivity (Wildman–Crippen MR) is 107 cm³/mol. The first-order valence-electron chi connectivity index (χ1n) is 9.33. The van der Waals surface area contributed by atoms with Gasteiger partial charge in [0, 0.05) is 13.6 Å². The molecule has 0 radical (unpaired) electrons. The average Bonchev–Trinajstić information content (AvgIpc) is 2.99. The molecular weight excluding hydrogens is 306 g/mol. The first-order chi connectivity index (χ1) is 12.3. The van der Waals surface area contributed by atoms with Gasteiger partial charge >= 0.3 is 0 Å². The largest absolute Gasteiger partial charge is 0.355 e. The fourth-order valence-corrected chi connectivity index (χ4v) is 3.51. The third kappa shape index (κ3) is 4.23. The minimum Gasteiger partial charge on any atom is -0.355 e. The number of nitrogens with one attached hydrogen (secondary N) is 1. The molecular formula is C22H29N3. The molecule has 2 aromatic carbocycles. The smallest absolute Gasteiger partial charge is 0.0901 e. The van der Waals surface area contributed by atoms with E-state index in [1.807, 2.05) is 0 Å². The lowest BCUT2D eigenvalue weighted by molar-refractivity contribution is 0.306. The Bertz CT molecular complexity index is 679. The van der Waals surface area contributed by atoms with Gasteiger partial charge in [-0.2, -0.15) is 0 Å². The highest BCUT2D eigenvalue weighted by molar-refractivity contribution is 5.90. The van der Waals surface area contributed by atoms with Gasteiger partial charge in [-0.3, -0.25) is 0 Å². The van der Waals surface area contributed by atoms with Crippen LogP contribution in [0, 0.1) is 0 Å². The second kappa shape index (κ2) is 8.72. The molecule has 0 saturated heterocycles.